The molecule has 1 unspecified atom stereocenters. The van der Waals surface area contributed by atoms with Crippen LogP contribution in [-0.2, 0) is 5.41 Å². The molecular weight excluding hydrogens is 206 g/mol. The van der Waals surface area contributed by atoms with Crippen LogP contribution in [0.3, 0.4) is 0 Å². The molecule has 3 rings (SSSR count). The van der Waals surface area contributed by atoms with Crippen LogP contribution in [0.5, 0.6) is 0 Å². The summed E-state index contributed by atoms with van der Waals surface area (Å²) in [5, 5.41) is 14.7. The smallest absolute Gasteiger partial charge is 0.123 e. The van der Waals surface area contributed by atoms with Gasteiger partial charge in [0.15, 0.2) is 0 Å². The van der Waals surface area contributed by atoms with Crippen LogP contribution in [0.2, 0.25) is 0 Å². The maximum Gasteiger partial charge on any atom is 0.123 e. The average Bonchev–Trinajstić information content (AvgIpc) is 2.84. The summed E-state index contributed by atoms with van der Waals surface area (Å²) in [4.78, 5) is 0. The van der Waals surface area contributed by atoms with Gasteiger partial charge in [0.25, 0.3) is 0 Å². The summed E-state index contributed by atoms with van der Waals surface area (Å²) in [6.07, 6.45) is 5.18. The van der Waals surface area contributed by atoms with Crippen molar-refractivity contribution >= 4 is 11.3 Å². The Bertz CT molecular complexity index is 350. The Morgan fingerprint density at radius 2 is 2.27 bits per heavy atom. The molecule has 1 saturated heterocycles. The zero-order chi connectivity index (χ0) is 10.3. The molecule has 0 radical (unpaired) electrons. The van der Waals surface area contributed by atoms with Crippen molar-refractivity contribution in [3.05, 3.63) is 10.0 Å². The van der Waals surface area contributed by atoms with E-state index < -0.39 is 0 Å². The van der Waals surface area contributed by atoms with Gasteiger partial charge in [-0.15, -0.1) is 21.5 Å². The highest BCUT2D eigenvalue weighted by molar-refractivity contribution is 7.11. The fraction of sp³-hybridized carbons (Fsp3) is 0.818. The van der Waals surface area contributed by atoms with Gasteiger partial charge in [-0.1, -0.05) is 13.3 Å². The minimum Gasteiger partial charge on any atom is -0.316 e. The van der Waals surface area contributed by atoms with Crippen molar-refractivity contribution < 1.29 is 0 Å². The summed E-state index contributed by atoms with van der Waals surface area (Å²) >= 11 is 1.85. The highest BCUT2D eigenvalue weighted by Crippen LogP contribution is 2.44. The normalized spacial score (nSPS) is 29.0. The summed E-state index contributed by atoms with van der Waals surface area (Å²) in [5.41, 5.74) is 0.363. The molecule has 4 heteroatoms. The van der Waals surface area contributed by atoms with Gasteiger partial charge < -0.3 is 5.32 Å². The van der Waals surface area contributed by atoms with Gasteiger partial charge >= 0.3 is 0 Å². The van der Waals surface area contributed by atoms with E-state index in [-0.39, 0.29) is 0 Å². The minimum atomic E-state index is 0.363. The molecule has 2 heterocycles. The second kappa shape index (κ2) is 3.52. The molecule has 0 bridgehead atoms. The Kier molecular flexibility index (Phi) is 2.29. The van der Waals surface area contributed by atoms with E-state index in [2.05, 4.69) is 22.4 Å². The Balaban J connectivity index is 1.80. The Morgan fingerprint density at radius 1 is 1.40 bits per heavy atom. The number of aromatic nitrogens is 2. The highest BCUT2D eigenvalue weighted by atomic mass is 32.1. The molecule has 0 amide bonds. The summed E-state index contributed by atoms with van der Waals surface area (Å²) in [6, 6.07) is 0. The molecule has 82 valence electrons. The molecule has 0 aromatic carbocycles. The number of hydrogen-bond acceptors (Lipinski definition) is 4. The maximum atomic E-state index is 4.40. The molecule has 1 aliphatic carbocycles. The number of nitrogens with zero attached hydrogens (tertiary/aromatic N) is 2. The SMILES string of the molecule is CC1(c2nnc(C3CCNC3)s2)CCC1. The van der Waals surface area contributed by atoms with Crippen molar-refractivity contribution in [2.45, 2.75) is 43.9 Å². The van der Waals surface area contributed by atoms with E-state index in [1.807, 2.05) is 11.3 Å². The van der Waals surface area contributed by atoms with Gasteiger partial charge in [0.2, 0.25) is 0 Å². The van der Waals surface area contributed by atoms with Gasteiger partial charge in [0.05, 0.1) is 0 Å². The molecule has 3 nitrogen and oxygen atoms in total. The van der Waals surface area contributed by atoms with E-state index in [0.717, 1.165) is 13.1 Å². The molecule has 0 spiro atoms. The summed E-state index contributed by atoms with van der Waals surface area (Å²) < 4.78 is 0. The molecule has 1 saturated carbocycles. The molecule has 1 aromatic heterocycles. The van der Waals surface area contributed by atoms with Gasteiger partial charge in [0.1, 0.15) is 10.0 Å². The number of hydrogen-bond donors (Lipinski definition) is 1. The number of nitrogens with one attached hydrogen (secondary N) is 1. The van der Waals surface area contributed by atoms with Crippen LogP contribution in [0.25, 0.3) is 0 Å². The lowest BCUT2D eigenvalue weighted by molar-refractivity contribution is 0.269. The lowest BCUT2D eigenvalue weighted by atomic mass is 9.71. The molecule has 1 aliphatic heterocycles. The standard InChI is InChI=1S/C11H17N3S/c1-11(4-2-5-11)10-14-13-9(15-10)8-3-6-12-7-8/h8,12H,2-7H2,1H3. The Hall–Kier alpha value is -0.480. The summed E-state index contributed by atoms with van der Waals surface area (Å²) in [6.45, 7) is 4.55. The molecule has 15 heavy (non-hydrogen) atoms. The monoisotopic (exact) mass is 223 g/mol. The van der Waals surface area contributed by atoms with Gasteiger partial charge in [-0.05, 0) is 25.8 Å². The van der Waals surface area contributed by atoms with E-state index in [4.69, 9.17) is 0 Å². The first-order chi connectivity index (χ1) is 7.28. The van der Waals surface area contributed by atoms with Crippen molar-refractivity contribution in [1.82, 2.24) is 15.5 Å². The van der Waals surface area contributed by atoms with E-state index >= 15 is 0 Å². The quantitative estimate of drug-likeness (QED) is 0.834. The van der Waals surface area contributed by atoms with Gasteiger partial charge in [0, 0.05) is 17.9 Å². The van der Waals surface area contributed by atoms with Crippen molar-refractivity contribution in [1.29, 1.82) is 0 Å². The maximum absolute atomic E-state index is 4.40. The van der Waals surface area contributed by atoms with Crippen LogP contribution >= 0.6 is 11.3 Å². The van der Waals surface area contributed by atoms with E-state index in [9.17, 15) is 0 Å². The zero-order valence-corrected chi connectivity index (χ0v) is 9.94. The van der Waals surface area contributed by atoms with Crippen LogP contribution < -0.4 is 5.32 Å². The topological polar surface area (TPSA) is 37.8 Å². The third-order valence-corrected chi connectivity index (χ3v) is 5.22. The summed E-state index contributed by atoms with van der Waals surface area (Å²) in [5.74, 6) is 0.625. The first kappa shape index (κ1) is 9.73. The summed E-state index contributed by atoms with van der Waals surface area (Å²) in [7, 11) is 0. The van der Waals surface area contributed by atoms with Crippen molar-refractivity contribution in [2.75, 3.05) is 13.1 Å². The zero-order valence-electron chi connectivity index (χ0n) is 9.12. The number of rotatable bonds is 2. The van der Waals surface area contributed by atoms with Crippen LogP contribution in [0.1, 0.15) is 48.5 Å². The fourth-order valence-corrected chi connectivity index (χ4v) is 3.61. The first-order valence-corrected chi connectivity index (χ1v) is 6.64. The van der Waals surface area contributed by atoms with Gasteiger partial charge in [-0.25, -0.2) is 0 Å². The Morgan fingerprint density at radius 3 is 2.87 bits per heavy atom. The second-order valence-corrected chi connectivity index (χ2v) is 6.06. The predicted octanol–water partition coefficient (Wildman–Crippen LogP) is 2.06. The molecular formula is C11H17N3S. The second-order valence-electron chi connectivity index (χ2n) is 5.05. The van der Waals surface area contributed by atoms with Crippen molar-refractivity contribution in [2.24, 2.45) is 0 Å². The lowest BCUT2D eigenvalue weighted by Gasteiger charge is -2.35. The lowest BCUT2D eigenvalue weighted by Crippen LogP contribution is -2.30. The van der Waals surface area contributed by atoms with Crippen LogP contribution in [0.15, 0.2) is 0 Å². The van der Waals surface area contributed by atoms with Crippen molar-refractivity contribution in [3.8, 4) is 0 Å². The molecule has 2 fully saturated rings. The van der Waals surface area contributed by atoms with Gasteiger partial charge in [-0.2, -0.15) is 0 Å². The van der Waals surface area contributed by atoms with E-state index in [1.54, 1.807) is 0 Å². The highest BCUT2D eigenvalue weighted by Gasteiger charge is 2.37. The van der Waals surface area contributed by atoms with Crippen LogP contribution in [0, 0.1) is 0 Å². The van der Waals surface area contributed by atoms with E-state index in [1.165, 1.54) is 35.7 Å². The fourth-order valence-electron chi connectivity index (χ4n) is 2.43. The molecule has 2 aliphatic rings. The van der Waals surface area contributed by atoms with Crippen LogP contribution in [0.4, 0.5) is 0 Å². The van der Waals surface area contributed by atoms with Crippen molar-refractivity contribution in [3.63, 3.8) is 0 Å². The third kappa shape index (κ3) is 1.60. The molecule has 1 N–H and O–H groups in total. The van der Waals surface area contributed by atoms with E-state index in [0.29, 0.717) is 11.3 Å². The molecule has 1 atom stereocenters. The average molecular weight is 223 g/mol. The predicted molar refractivity (Wildman–Crippen MR) is 61.3 cm³/mol. The minimum absolute atomic E-state index is 0.363. The first-order valence-electron chi connectivity index (χ1n) is 5.82. The molecule has 1 aromatic rings. The van der Waals surface area contributed by atoms with Gasteiger partial charge in [-0.3, -0.25) is 0 Å². The third-order valence-electron chi connectivity index (χ3n) is 3.82. The largest absolute Gasteiger partial charge is 0.316 e. The Labute approximate surface area is 94.3 Å². The van der Waals surface area contributed by atoms with Crippen LogP contribution in [-0.4, -0.2) is 23.3 Å².